The summed E-state index contributed by atoms with van der Waals surface area (Å²) < 4.78 is 4.59. The Hall–Kier alpha value is -2.03. The van der Waals surface area contributed by atoms with Crippen molar-refractivity contribution in [2.45, 2.75) is 18.9 Å². The lowest BCUT2D eigenvalue weighted by Gasteiger charge is -2.13. The molecule has 0 aliphatic heterocycles. The Morgan fingerprint density at radius 1 is 1.67 bits per heavy atom. The molecule has 2 amide bonds. The average molecular weight is 211 g/mol. The largest absolute Gasteiger partial charge is 0.445 e. The first-order valence-corrected chi connectivity index (χ1v) is 4.32. The number of ether oxygens (including phenoxy) is 1. The second kappa shape index (κ2) is 7.38. The van der Waals surface area contributed by atoms with Crippen LogP contribution in [0.15, 0.2) is 12.7 Å². The van der Waals surface area contributed by atoms with Crippen LogP contribution in [-0.4, -0.2) is 24.6 Å². The third-order valence-electron chi connectivity index (χ3n) is 1.51. The predicted molar refractivity (Wildman–Crippen MR) is 52.5 cm³/mol. The van der Waals surface area contributed by atoms with Gasteiger partial charge in [0.15, 0.2) is 0 Å². The van der Waals surface area contributed by atoms with E-state index in [9.17, 15) is 9.59 Å². The number of nitrogens with two attached hydrogens (primary N) is 1. The molecule has 0 aromatic heterocycles. The summed E-state index contributed by atoms with van der Waals surface area (Å²) in [7, 11) is 0. The molecule has 0 bridgehead atoms. The minimum atomic E-state index is -0.873. The molecule has 15 heavy (non-hydrogen) atoms. The van der Waals surface area contributed by atoms with Crippen LogP contribution >= 0.6 is 0 Å². The molecule has 6 heteroatoms. The molecule has 1 atom stereocenters. The number of nitriles is 1. The maximum absolute atomic E-state index is 11.0. The van der Waals surface area contributed by atoms with E-state index in [0.29, 0.717) is 0 Å². The van der Waals surface area contributed by atoms with E-state index in [1.54, 1.807) is 0 Å². The Morgan fingerprint density at radius 3 is 2.80 bits per heavy atom. The van der Waals surface area contributed by atoms with Crippen LogP contribution in [-0.2, 0) is 9.53 Å². The highest BCUT2D eigenvalue weighted by molar-refractivity contribution is 5.84. The van der Waals surface area contributed by atoms with Gasteiger partial charge in [-0.3, -0.25) is 4.79 Å². The maximum Gasteiger partial charge on any atom is 0.408 e. The molecule has 0 saturated carbocycles. The van der Waals surface area contributed by atoms with Crippen molar-refractivity contribution in [1.82, 2.24) is 5.32 Å². The first-order valence-electron chi connectivity index (χ1n) is 4.32. The Balaban J connectivity index is 4.05. The minimum absolute atomic E-state index is 0.0512. The van der Waals surface area contributed by atoms with Gasteiger partial charge in [-0.1, -0.05) is 12.7 Å². The van der Waals surface area contributed by atoms with Crippen LogP contribution in [0.25, 0.3) is 0 Å². The van der Waals surface area contributed by atoms with E-state index in [-0.39, 0.29) is 19.4 Å². The van der Waals surface area contributed by atoms with Crippen LogP contribution in [0.5, 0.6) is 0 Å². The normalized spacial score (nSPS) is 10.9. The number of primary amides is 1. The average Bonchev–Trinajstić information content (AvgIpc) is 2.20. The van der Waals surface area contributed by atoms with Gasteiger partial charge in [0.25, 0.3) is 0 Å². The lowest BCUT2D eigenvalue weighted by atomic mass is 10.1. The first kappa shape index (κ1) is 13.0. The van der Waals surface area contributed by atoms with Gasteiger partial charge < -0.3 is 15.8 Å². The summed E-state index contributed by atoms with van der Waals surface area (Å²) in [6.45, 7) is 3.41. The first-order chi connectivity index (χ1) is 7.11. The van der Waals surface area contributed by atoms with Gasteiger partial charge in [0.1, 0.15) is 12.6 Å². The summed E-state index contributed by atoms with van der Waals surface area (Å²) in [5, 5.41) is 10.6. The molecule has 6 nitrogen and oxygen atoms in total. The van der Waals surface area contributed by atoms with Gasteiger partial charge in [-0.2, -0.15) is 5.26 Å². The molecule has 0 rings (SSSR count). The minimum Gasteiger partial charge on any atom is -0.445 e. The SMILES string of the molecule is C=CCOC(=O)NC(CCC#N)C(N)=O. The van der Waals surface area contributed by atoms with Crippen LogP contribution in [0.1, 0.15) is 12.8 Å². The Kier molecular flexibility index (Phi) is 6.38. The summed E-state index contributed by atoms with van der Waals surface area (Å²) >= 11 is 0. The molecule has 0 radical (unpaired) electrons. The van der Waals surface area contributed by atoms with E-state index in [0.717, 1.165) is 0 Å². The predicted octanol–water partition coefficient (Wildman–Crippen LogP) is 0.0563. The Morgan fingerprint density at radius 2 is 2.33 bits per heavy atom. The number of carbonyl (C=O) groups is 2. The highest BCUT2D eigenvalue weighted by Crippen LogP contribution is 1.96. The van der Waals surface area contributed by atoms with Crippen LogP contribution in [0.2, 0.25) is 0 Å². The van der Waals surface area contributed by atoms with Crippen molar-refractivity contribution in [3.8, 4) is 6.07 Å². The molecule has 0 aromatic carbocycles. The van der Waals surface area contributed by atoms with E-state index < -0.39 is 18.0 Å². The quantitative estimate of drug-likeness (QED) is 0.606. The van der Waals surface area contributed by atoms with Gasteiger partial charge in [-0.15, -0.1) is 0 Å². The van der Waals surface area contributed by atoms with Crippen LogP contribution in [0.4, 0.5) is 4.79 Å². The number of nitrogens with one attached hydrogen (secondary N) is 1. The molecule has 0 saturated heterocycles. The molecule has 3 N–H and O–H groups in total. The maximum atomic E-state index is 11.0. The van der Waals surface area contributed by atoms with Crippen molar-refractivity contribution in [3.05, 3.63) is 12.7 Å². The summed E-state index contributed by atoms with van der Waals surface area (Å²) in [6.07, 6.45) is 0.954. The fourth-order valence-corrected chi connectivity index (χ4v) is 0.813. The summed E-state index contributed by atoms with van der Waals surface area (Å²) in [4.78, 5) is 21.8. The topological polar surface area (TPSA) is 105 Å². The molecule has 0 aliphatic rings. The van der Waals surface area contributed by atoms with Gasteiger partial charge in [-0.25, -0.2) is 4.79 Å². The molecule has 0 fully saturated rings. The summed E-state index contributed by atoms with van der Waals surface area (Å²) in [5.74, 6) is -0.694. The number of hydrogen-bond donors (Lipinski definition) is 2. The Labute approximate surface area is 87.7 Å². The van der Waals surface area contributed by atoms with Gasteiger partial charge in [0.05, 0.1) is 6.07 Å². The number of alkyl carbamates (subject to hydrolysis) is 1. The van der Waals surface area contributed by atoms with Gasteiger partial charge in [-0.05, 0) is 6.42 Å². The van der Waals surface area contributed by atoms with Gasteiger partial charge in [0, 0.05) is 6.42 Å². The van der Waals surface area contributed by atoms with E-state index in [2.05, 4.69) is 16.6 Å². The molecule has 0 aliphatic carbocycles. The van der Waals surface area contributed by atoms with Crippen LogP contribution < -0.4 is 11.1 Å². The number of rotatable bonds is 6. The Bertz CT molecular complexity index is 283. The second-order valence-corrected chi connectivity index (χ2v) is 2.68. The number of hydrogen-bond acceptors (Lipinski definition) is 4. The summed E-state index contributed by atoms with van der Waals surface area (Å²) in [5.41, 5.74) is 5.02. The fraction of sp³-hybridized carbons (Fsp3) is 0.444. The highest BCUT2D eigenvalue weighted by Gasteiger charge is 2.17. The molecular formula is C9H13N3O3. The second-order valence-electron chi connectivity index (χ2n) is 2.68. The number of nitrogens with zero attached hydrogens (tertiary/aromatic N) is 1. The smallest absolute Gasteiger partial charge is 0.408 e. The standard InChI is InChI=1S/C9H13N3O3/c1-2-6-15-9(14)12-7(8(11)13)4-3-5-10/h2,7H,1,3-4,6H2,(H2,11,13)(H,12,14). The van der Waals surface area contributed by atoms with Crippen molar-refractivity contribution >= 4 is 12.0 Å². The molecule has 1 unspecified atom stereocenters. The molecular weight excluding hydrogens is 198 g/mol. The lowest BCUT2D eigenvalue weighted by Crippen LogP contribution is -2.44. The van der Waals surface area contributed by atoms with E-state index in [4.69, 9.17) is 11.0 Å². The van der Waals surface area contributed by atoms with Crippen LogP contribution in [0, 0.1) is 11.3 Å². The van der Waals surface area contributed by atoms with Crippen LogP contribution in [0.3, 0.4) is 0 Å². The third kappa shape index (κ3) is 6.10. The third-order valence-corrected chi connectivity index (χ3v) is 1.51. The van der Waals surface area contributed by atoms with Crippen molar-refractivity contribution in [2.75, 3.05) is 6.61 Å². The molecule has 0 aromatic rings. The van der Waals surface area contributed by atoms with Crippen molar-refractivity contribution < 1.29 is 14.3 Å². The molecule has 0 spiro atoms. The van der Waals surface area contributed by atoms with Gasteiger partial charge >= 0.3 is 6.09 Å². The number of carbonyl (C=O) groups excluding carboxylic acids is 2. The van der Waals surface area contributed by atoms with E-state index >= 15 is 0 Å². The zero-order valence-corrected chi connectivity index (χ0v) is 8.23. The monoisotopic (exact) mass is 211 g/mol. The summed E-state index contributed by atoms with van der Waals surface area (Å²) in [6, 6.07) is 0.980. The lowest BCUT2D eigenvalue weighted by molar-refractivity contribution is -0.120. The van der Waals surface area contributed by atoms with Crippen molar-refractivity contribution in [1.29, 1.82) is 5.26 Å². The fourth-order valence-electron chi connectivity index (χ4n) is 0.813. The van der Waals surface area contributed by atoms with Crippen molar-refractivity contribution in [3.63, 3.8) is 0 Å². The van der Waals surface area contributed by atoms with E-state index in [1.807, 2.05) is 6.07 Å². The number of amides is 2. The zero-order chi connectivity index (χ0) is 11.7. The van der Waals surface area contributed by atoms with E-state index in [1.165, 1.54) is 6.08 Å². The van der Waals surface area contributed by atoms with Gasteiger partial charge in [0.2, 0.25) is 5.91 Å². The molecule has 0 heterocycles. The zero-order valence-electron chi connectivity index (χ0n) is 8.23. The highest BCUT2D eigenvalue weighted by atomic mass is 16.5. The molecule has 82 valence electrons. The van der Waals surface area contributed by atoms with Crippen molar-refractivity contribution in [2.24, 2.45) is 5.73 Å².